The van der Waals surface area contributed by atoms with Gasteiger partial charge in [0.05, 0.1) is 26.4 Å². The van der Waals surface area contributed by atoms with Gasteiger partial charge in [-0.1, -0.05) is 12.2 Å². The van der Waals surface area contributed by atoms with Crippen molar-refractivity contribution in [3.8, 4) is 0 Å². The van der Waals surface area contributed by atoms with E-state index in [0.717, 1.165) is 0 Å². The van der Waals surface area contributed by atoms with Crippen molar-refractivity contribution in [1.82, 2.24) is 0 Å². The van der Waals surface area contributed by atoms with E-state index in [9.17, 15) is 0 Å². The molecule has 1 heterocycles. The molecule has 0 aromatic rings. The van der Waals surface area contributed by atoms with Crippen molar-refractivity contribution >= 4 is 0 Å². The minimum Gasteiger partial charge on any atom is -0.376 e. The first-order chi connectivity index (χ1) is 6.38. The SMILES string of the molecule is C=CCO[C@H]1COC[C@@H]1OCC=C. The summed E-state index contributed by atoms with van der Waals surface area (Å²) in [6.45, 7) is 9.47. The van der Waals surface area contributed by atoms with Crippen LogP contribution in [-0.2, 0) is 14.2 Å². The van der Waals surface area contributed by atoms with Crippen LogP contribution < -0.4 is 0 Å². The lowest BCUT2D eigenvalue weighted by atomic mass is 10.2. The van der Waals surface area contributed by atoms with Gasteiger partial charge in [0.2, 0.25) is 0 Å². The van der Waals surface area contributed by atoms with Crippen LogP contribution >= 0.6 is 0 Å². The maximum Gasteiger partial charge on any atom is 0.110 e. The quantitative estimate of drug-likeness (QED) is 0.580. The lowest BCUT2D eigenvalue weighted by molar-refractivity contribution is -0.0293. The molecule has 1 aliphatic rings. The molecule has 1 saturated heterocycles. The first-order valence-electron chi connectivity index (χ1n) is 4.41. The van der Waals surface area contributed by atoms with Crippen LogP contribution in [0.3, 0.4) is 0 Å². The number of ether oxygens (including phenoxy) is 3. The zero-order valence-electron chi connectivity index (χ0n) is 7.78. The highest BCUT2D eigenvalue weighted by atomic mass is 16.6. The molecule has 1 fully saturated rings. The van der Waals surface area contributed by atoms with E-state index in [1.807, 2.05) is 0 Å². The summed E-state index contributed by atoms with van der Waals surface area (Å²) in [4.78, 5) is 0. The fourth-order valence-electron chi connectivity index (χ4n) is 1.21. The van der Waals surface area contributed by atoms with Gasteiger partial charge in [0.25, 0.3) is 0 Å². The average molecular weight is 184 g/mol. The minimum absolute atomic E-state index is 0.0398. The predicted octanol–water partition coefficient (Wildman–Crippen LogP) is 1.16. The van der Waals surface area contributed by atoms with E-state index in [4.69, 9.17) is 14.2 Å². The van der Waals surface area contributed by atoms with Crippen molar-refractivity contribution in [2.45, 2.75) is 12.2 Å². The van der Waals surface area contributed by atoms with Gasteiger partial charge in [0, 0.05) is 0 Å². The Labute approximate surface area is 79.0 Å². The zero-order chi connectivity index (χ0) is 9.52. The fraction of sp³-hybridized carbons (Fsp3) is 0.600. The second-order valence-electron chi connectivity index (χ2n) is 2.86. The molecule has 1 rings (SSSR count). The molecule has 0 bridgehead atoms. The standard InChI is InChI=1S/C10H16O3/c1-3-5-12-9-7-11-8-10(9)13-6-4-2/h3-4,9-10H,1-2,5-8H2/t9-,10-/m0/s1. The van der Waals surface area contributed by atoms with Crippen LogP contribution in [0.15, 0.2) is 25.3 Å². The van der Waals surface area contributed by atoms with Crippen molar-refractivity contribution in [1.29, 1.82) is 0 Å². The summed E-state index contributed by atoms with van der Waals surface area (Å²) in [6, 6.07) is 0. The molecule has 0 aliphatic carbocycles. The van der Waals surface area contributed by atoms with Crippen LogP contribution in [0.4, 0.5) is 0 Å². The van der Waals surface area contributed by atoms with E-state index < -0.39 is 0 Å². The Kier molecular flexibility index (Phi) is 4.75. The molecule has 74 valence electrons. The fourth-order valence-corrected chi connectivity index (χ4v) is 1.21. The topological polar surface area (TPSA) is 27.7 Å². The second-order valence-corrected chi connectivity index (χ2v) is 2.86. The minimum atomic E-state index is 0.0398. The maximum atomic E-state index is 5.46. The van der Waals surface area contributed by atoms with Crippen LogP contribution in [-0.4, -0.2) is 38.6 Å². The number of rotatable bonds is 6. The average Bonchev–Trinajstić information content (AvgIpc) is 2.59. The van der Waals surface area contributed by atoms with E-state index in [2.05, 4.69) is 13.2 Å². The van der Waals surface area contributed by atoms with Gasteiger partial charge < -0.3 is 14.2 Å². The van der Waals surface area contributed by atoms with Gasteiger partial charge in [0.1, 0.15) is 12.2 Å². The third-order valence-corrected chi connectivity index (χ3v) is 1.84. The van der Waals surface area contributed by atoms with Crippen molar-refractivity contribution in [2.75, 3.05) is 26.4 Å². The highest BCUT2D eigenvalue weighted by Gasteiger charge is 2.29. The van der Waals surface area contributed by atoms with E-state index in [1.165, 1.54) is 0 Å². The van der Waals surface area contributed by atoms with Gasteiger partial charge in [-0.15, -0.1) is 13.2 Å². The molecule has 0 unspecified atom stereocenters. The Bertz CT molecular complexity index is 150. The summed E-state index contributed by atoms with van der Waals surface area (Å²) in [6.07, 6.45) is 3.53. The van der Waals surface area contributed by atoms with Crippen molar-refractivity contribution in [2.24, 2.45) is 0 Å². The molecule has 0 saturated carbocycles. The highest BCUT2D eigenvalue weighted by molar-refractivity contribution is 4.79. The summed E-state index contributed by atoms with van der Waals surface area (Å²) in [7, 11) is 0. The molecule has 3 heteroatoms. The zero-order valence-corrected chi connectivity index (χ0v) is 7.78. The van der Waals surface area contributed by atoms with E-state index in [-0.39, 0.29) is 12.2 Å². The molecule has 0 radical (unpaired) electrons. The summed E-state index contributed by atoms with van der Waals surface area (Å²) in [5.74, 6) is 0. The Morgan fingerprint density at radius 1 is 1.08 bits per heavy atom. The predicted molar refractivity (Wildman–Crippen MR) is 50.7 cm³/mol. The third-order valence-electron chi connectivity index (χ3n) is 1.84. The molecule has 0 N–H and O–H groups in total. The lowest BCUT2D eigenvalue weighted by Gasteiger charge is -2.16. The molecular formula is C10H16O3. The largest absolute Gasteiger partial charge is 0.376 e. The van der Waals surface area contributed by atoms with Crippen LogP contribution in [0, 0.1) is 0 Å². The van der Waals surface area contributed by atoms with Gasteiger partial charge >= 0.3 is 0 Å². The van der Waals surface area contributed by atoms with Gasteiger partial charge in [-0.05, 0) is 0 Å². The smallest absolute Gasteiger partial charge is 0.110 e. The van der Waals surface area contributed by atoms with Gasteiger partial charge in [0.15, 0.2) is 0 Å². The molecule has 2 atom stereocenters. The maximum absolute atomic E-state index is 5.46. The monoisotopic (exact) mass is 184 g/mol. The Morgan fingerprint density at radius 2 is 1.54 bits per heavy atom. The number of hydrogen-bond donors (Lipinski definition) is 0. The molecule has 0 aromatic carbocycles. The van der Waals surface area contributed by atoms with E-state index in [1.54, 1.807) is 12.2 Å². The molecule has 0 amide bonds. The Morgan fingerprint density at radius 3 is 1.92 bits per heavy atom. The first-order valence-corrected chi connectivity index (χ1v) is 4.41. The third kappa shape index (κ3) is 3.30. The van der Waals surface area contributed by atoms with E-state index >= 15 is 0 Å². The lowest BCUT2D eigenvalue weighted by Crippen LogP contribution is -2.30. The van der Waals surface area contributed by atoms with Crippen molar-refractivity contribution in [3.63, 3.8) is 0 Å². The normalized spacial score (nSPS) is 27.4. The van der Waals surface area contributed by atoms with Gasteiger partial charge in [-0.2, -0.15) is 0 Å². The van der Waals surface area contributed by atoms with Crippen LogP contribution in [0.2, 0.25) is 0 Å². The molecule has 13 heavy (non-hydrogen) atoms. The second kappa shape index (κ2) is 5.91. The Hall–Kier alpha value is -0.640. The summed E-state index contributed by atoms with van der Waals surface area (Å²) in [5.41, 5.74) is 0. The highest BCUT2D eigenvalue weighted by Crippen LogP contribution is 2.13. The molecule has 0 aromatic heterocycles. The summed E-state index contributed by atoms with van der Waals surface area (Å²) < 4.78 is 16.2. The Balaban J connectivity index is 2.25. The van der Waals surface area contributed by atoms with E-state index in [0.29, 0.717) is 26.4 Å². The van der Waals surface area contributed by atoms with Gasteiger partial charge in [-0.25, -0.2) is 0 Å². The van der Waals surface area contributed by atoms with Crippen LogP contribution in [0.1, 0.15) is 0 Å². The summed E-state index contributed by atoms with van der Waals surface area (Å²) >= 11 is 0. The molecular weight excluding hydrogens is 168 g/mol. The summed E-state index contributed by atoms with van der Waals surface area (Å²) in [5, 5.41) is 0. The van der Waals surface area contributed by atoms with Crippen molar-refractivity contribution in [3.05, 3.63) is 25.3 Å². The van der Waals surface area contributed by atoms with Crippen LogP contribution in [0.25, 0.3) is 0 Å². The number of hydrogen-bond acceptors (Lipinski definition) is 3. The molecule has 3 nitrogen and oxygen atoms in total. The molecule has 1 aliphatic heterocycles. The van der Waals surface area contributed by atoms with Crippen molar-refractivity contribution < 1.29 is 14.2 Å². The first kappa shape index (κ1) is 10.4. The molecule has 0 spiro atoms. The van der Waals surface area contributed by atoms with Crippen LogP contribution in [0.5, 0.6) is 0 Å². The van der Waals surface area contributed by atoms with Gasteiger partial charge in [-0.3, -0.25) is 0 Å².